The minimum absolute atomic E-state index is 0.679. The molecule has 0 bridgehead atoms. The molecule has 1 aliphatic heterocycles. The second kappa shape index (κ2) is 9.86. The molecule has 17 heavy (non-hydrogen) atoms. The molecule has 3 nitrogen and oxygen atoms in total. The van der Waals surface area contributed by atoms with Gasteiger partial charge in [-0.3, -0.25) is 10.3 Å². The molecule has 0 aromatic carbocycles. The number of hydrazine groups is 1. The van der Waals surface area contributed by atoms with Crippen LogP contribution in [0.4, 0.5) is 0 Å². The number of nitrogens with one attached hydrogen (secondary N) is 1. The van der Waals surface area contributed by atoms with Gasteiger partial charge in [0.15, 0.2) is 0 Å². The van der Waals surface area contributed by atoms with E-state index in [4.69, 9.17) is 0 Å². The van der Waals surface area contributed by atoms with Crippen molar-refractivity contribution in [3.05, 3.63) is 0 Å². The molecule has 1 N–H and O–H groups in total. The molecule has 3 heteroatoms. The van der Waals surface area contributed by atoms with E-state index in [0.29, 0.717) is 12.1 Å². The number of hydrogen-bond acceptors (Lipinski definition) is 3. The molecule has 0 radical (unpaired) electrons. The largest absolute Gasteiger partial charge is 0.295 e. The monoisotopic (exact) mass is 243 g/mol. The van der Waals surface area contributed by atoms with Crippen LogP contribution in [-0.2, 0) is 0 Å². The summed E-state index contributed by atoms with van der Waals surface area (Å²) in [5, 5.41) is 2.33. The molecular formula is C14H33N3. The summed E-state index contributed by atoms with van der Waals surface area (Å²) in [7, 11) is 2.02. The van der Waals surface area contributed by atoms with Gasteiger partial charge >= 0.3 is 0 Å². The second-order valence-corrected chi connectivity index (χ2v) is 4.77. The molecule has 1 fully saturated rings. The predicted molar refractivity (Wildman–Crippen MR) is 77.1 cm³/mol. The van der Waals surface area contributed by atoms with Crippen molar-refractivity contribution in [2.24, 2.45) is 0 Å². The van der Waals surface area contributed by atoms with Crippen LogP contribution < -0.4 is 5.43 Å². The van der Waals surface area contributed by atoms with Gasteiger partial charge in [0.05, 0.1) is 0 Å². The highest BCUT2D eigenvalue weighted by molar-refractivity contribution is 4.82. The van der Waals surface area contributed by atoms with E-state index in [2.05, 4.69) is 36.1 Å². The number of rotatable bonds is 5. The van der Waals surface area contributed by atoms with Crippen LogP contribution in [0, 0.1) is 0 Å². The van der Waals surface area contributed by atoms with Gasteiger partial charge in [-0.25, -0.2) is 5.01 Å². The molecule has 0 amide bonds. The van der Waals surface area contributed by atoms with E-state index in [1.54, 1.807) is 0 Å². The van der Waals surface area contributed by atoms with Crippen LogP contribution in [0.3, 0.4) is 0 Å². The summed E-state index contributed by atoms with van der Waals surface area (Å²) >= 11 is 0. The highest BCUT2D eigenvalue weighted by Crippen LogP contribution is 2.15. The Morgan fingerprint density at radius 3 is 2.00 bits per heavy atom. The van der Waals surface area contributed by atoms with Crippen molar-refractivity contribution in [3.8, 4) is 0 Å². The van der Waals surface area contributed by atoms with Crippen molar-refractivity contribution < 1.29 is 0 Å². The molecule has 1 heterocycles. The van der Waals surface area contributed by atoms with Gasteiger partial charge < -0.3 is 0 Å². The lowest BCUT2D eigenvalue weighted by molar-refractivity contribution is 0.0159. The zero-order valence-corrected chi connectivity index (χ0v) is 12.8. The minimum atomic E-state index is 0.679. The summed E-state index contributed by atoms with van der Waals surface area (Å²) in [5.41, 5.74) is 3.26. The topological polar surface area (TPSA) is 18.5 Å². The summed E-state index contributed by atoms with van der Waals surface area (Å²) in [5.74, 6) is 0. The van der Waals surface area contributed by atoms with Crippen LogP contribution in [0.25, 0.3) is 0 Å². The molecule has 0 aromatic heterocycles. The third-order valence-electron chi connectivity index (χ3n) is 3.44. The summed E-state index contributed by atoms with van der Waals surface area (Å²) < 4.78 is 0. The van der Waals surface area contributed by atoms with Gasteiger partial charge in [0.2, 0.25) is 0 Å². The fourth-order valence-electron chi connectivity index (χ4n) is 2.52. The molecule has 1 saturated heterocycles. The first-order chi connectivity index (χ1) is 8.19. The van der Waals surface area contributed by atoms with Crippen molar-refractivity contribution in [1.29, 1.82) is 0 Å². The Kier molecular flexibility index (Phi) is 9.79. The first-order valence-corrected chi connectivity index (χ1v) is 7.37. The lowest BCUT2D eigenvalue weighted by Crippen LogP contribution is -2.59. The van der Waals surface area contributed by atoms with Crippen LogP contribution in [-0.4, -0.2) is 48.7 Å². The highest BCUT2D eigenvalue weighted by Gasteiger charge is 2.27. The van der Waals surface area contributed by atoms with E-state index in [1.165, 1.54) is 25.8 Å². The van der Waals surface area contributed by atoms with Gasteiger partial charge in [-0.15, -0.1) is 0 Å². The Hall–Kier alpha value is -0.120. The average Bonchev–Trinajstić information content (AvgIpc) is 2.35. The average molecular weight is 243 g/mol. The van der Waals surface area contributed by atoms with Crippen LogP contribution in [0.5, 0.6) is 0 Å². The lowest BCUT2D eigenvalue weighted by atomic mass is 10.1. The molecule has 104 valence electrons. The van der Waals surface area contributed by atoms with Gasteiger partial charge in [0.25, 0.3) is 0 Å². The molecule has 2 unspecified atom stereocenters. The Morgan fingerprint density at radius 2 is 1.59 bits per heavy atom. The van der Waals surface area contributed by atoms with E-state index >= 15 is 0 Å². The first-order valence-electron chi connectivity index (χ1n) is 7.37. The van der Waals surface area contributed by atoms with Crippen LogP contribution in [0.1, 0.15) is 53.9 Å². The smallest absolute Gasteiger partial charge is 0.0285 e. The first kappa shape index (κ1) is 16.9. The Balaban J connectivity index is 0.00000121. The third-order valence-corrected chi connectivity index (χ3v) is 3.44. The predicted octanol–water partition coefficient (Wildman–Crippen LogP) is 2.73. The van der Waals surface area contributed by atoms with Gasteiger partial charge in [-0.2, -0.15) is 0 Å². The summed E-state index contributed by atoms with van der Waals surface area (Å²) in [6.45, 7) is 14.5. The van der Waals surface area contributed by atoms with Gasteiger partial charge in [-0.1, -0.05) is 33.6 Å². The van der Waals surface area contributed by atoms with Crippen molar-refractivity contribution in [3.63, 3.8) is 0 Å². The van der Waals surface area contributed by atoms with E-state index < -0.39 is 0 Å². The number of hydrogen-bond donors (Lipinski definition) is 1. The maximum absolute atomic E-state index is 3.26. The SMILES string of the molecule is CC.CCCCCN1C(C)CN(NC)CC1C. The molecular weight excluding hydrogens is 210 g/mol. The number of nitrogens with zero attached hydrogens (tertiary/aromatic N) is 2. The van der Waals surface area contributed by atoms with Gasteiger partial charge in [0.1, 0.15) is 0 Å². The zero-order chi connectivity index (χ0) is 13.3. The molecule has 0 spiro atoms. The van der Waals surface area contributed by atoms with Gasteiger partial charge in [0, 0.05) is 25.2 Å². The maximum Gasteiger partial charge on any atom is 0.0285 e. The fourth-order valence-corrected chi connectivity index (χ4v) is 2.52. The molecule has 1 aliphatic rings. The normalized spacial score (nSPS) is 26.5. The van der Waals surface area contributed by atoms with Crippen LogP contribution in [0.2, 0.25) is 0 Å². The molecule has 0 aromatic rings. The Morgan fingerprint density at radius 1 is 1.06 bits per heavy atom. The minimum Gasteiger partial charge on any atom is -0.295 e. The Labute approximate surface area is 109 Å². The van der Waals surface area contributed by atoms with Crippen LogP contribution in [0.15, 0.2) is 0 Å². The summed E-state index contributed by atoms with van der Waals surface area (Å²) in [4.78, 5) is 2.66. The molecule has 0 saturated carbocycles. The van der Waals surface area contributed by atoms with Crippen molar-refractivity contribution in [2.45, 2.75) is 66.0 Å². The number of piperazine rings is 1. The second-order valence-electron chi connectivity index (χ2n) is 4.77. The molecule has 0 aliphatic carbocycles. The fraction of sp³-hybridized carbons (Fsp3) is 1.00. The van der Waals surface area contributed by atoms with E-state index in [0.717, 1.165) is 13.1 Å². The van der Waals surface area contributed by atoms with E-state index in [1.807, 2.05) is 20.9 Å². The Bertz CT molecular complexity index is 161. The lowest BCUT2D eigenvalue weighted by Gasteiger charge is -2.44. The van der Waals surface area contributed by atoms with E-state index in [9.17, 15) is 0 Å². The van der Waals surface area contributed by atoms with Crippen LogP contribution >= 0.6 is 0 Å². The van der Waals surface area contributed by atoms with Gasteiger partial charge in [-0.05, 0) is 33.9 Å². The quantitative estimate of drug-likeness (QED) is 0.749. The zero-order valence-electron chi connectivity index (χ0n) is 12.8. The third kappa shape index (κ3) is 5.84. The highest BCUT2D eigenvalue weighted by atomic mass is 15.5. The standard InChI is InChI=1S/C12H27N3.C2H6/c1-5-6-7-8-15-11(2)9-14(13-4)10-12(15)3;1-2/h11-13H,5-10H2,1-4H3;1-2H3. The molecule has 2 atom stereocenters. The number of unbranched alkanes of at least 4 members (excludes halogenated alkanes) is 2. The maximum atomic E-state index is 3.26. The summed E-state index contributed by atoms with van der Waals surface area (Å²) in [6, 6.07) is 1.36. The van der Waals surface area contributed by atoms with Crippen molar-refractivity contribution in [1.82, 2.24) is 15.3 Å². The van der Waals surface area contributed by atoms with E-state index in [-0.39, 0.29) is 0 Å². The van der Waals surface area contributed by atoms with Crippen molar-refractivity contribution in [2.75, 3.05) is 26.7 Å². The van der Waals surface area contributed by atoms with Crippen molar-refractivity contribution >= 4 is 0 Å². The molecule has 1 rings (SSSR count). The summed E-state index contributed by atoms with van der Waals surface area (Å²) in [6.07, 6.45) is 4.04.